The number of pyridine rings is 1. The molecule has 0 bridgehead atoms. The molecule has 21 heavy (non-hydrogen) atoms. The molecule has 0 spiro atoms. The molecule has 1 atom stereocenters. The van der Waals surface area contributed by atoms with Crippen molar-refractivity contribution in [1.82, 2.24) is 9.88 Å². The third-order valence-corrected chi connectivity index (χ3v) is 4.65. The number of nitrogens with zero attached hydrogens (tertiary/aromatic N) is 2. The maximum Gasteiger partial charge on any atom is 0.134 e. The van der Waals surface area contributed by atoms with Crippen LogP contribution < -0.4 is 5.73 Å². The van der Waals surface area contributed by atoms with E-state index >= 15 is 0 Å². The maximum absolute atomic E-state index is 6.36. The number of halogens is 1. The highest BCUT2D eigenvalue weighted by molar-refractivity contribution is 6.30. The second kappa shape index (κ2) is 6.73. The molecule has 3 nitrogen and oxygen atoms in total. The fourth-order valence-corrected chi connectivity index (χ4v) is 3.46. The van der Waals surface area contributed by atoms with Crippen LogP contribution in [-0.4, -0.2) is 29.5 Å². The van der Waals surface area contributed by atoms with E-state index in [2.05, 4.69) is 22.0 Å². The van der Waals surface area contributed by atoms with Crippen LogP contribution in [0.25, 0.3) is 10.9 Å². The Hall–Kier alpha value is -1.16. The molecule has 0 radical (unpaired) electrons. The second-order valence-corrected chi connectivity index (χ2v) is 6.31. The molecule has 112 valence electrons. The van der Waals surface area contributed by atoms with E-state index in [1.54, 1.807) is 0 Å². The van der Waals surface area contributed by atoms with Crippen LogP contribution in [0.1, 0.15) is 24.8 Å². The van der Waals surface area contributed by atoms with Crippen molar-refractivity contribution in [3.8, 4) is 0 Å². The van der Waals surface area contributed by atoms with Gasteiger partial charge in [-0.05, 0) is 50.4 Å². The largest absolute Gasteiger partial charge is 0.330 e. The van der Waals surface area contributed by atoms with Gasteiger partial charge in [0, 0.05) is 24.0 Å². The van der Waals surface area contributed by atoms with E-state index in [4.69, 9.17) is 17.3 Å². The van der Waals surface area contributed by atoms with E-state index in [-0.39, 0.29) is 0 Å². The van der Waals surface area contributed by atoms with Crippen molar-refractivity contribution in [3.63, 3.8) is 0 Å². The van der Waals surface area contributed by atoms with Crippen LogP contribution in [0.3, 0.4) is 0 Å². The monoisotopic (exact) mass is 303 g/mol. The Balaban J connectivity index is 1.76. The summed E-state index contributed by atoms with van der Waals surface area (Å²) in [6.45, 7) is 3.94. The predicted octanol–water partition coefficient (Wildman–Crippen LogP) is 3.45. The standard InChI is InChI=1S/C17H22ClN3/c18-17-15(10-14-5-1-2-6-16(14)20-17)12-21-9-3-4-13(11-21)7-8-19/h1-2,5-6,10,13H,3-4,7-9,11-12,19H2. The lowest BCUT2D eigenvalue weighted by atomic mass is 9.94. The van der Waals surface area contributed by atoms with Crippen LogP contribution >= 0.6 is 11.6 Å². The third kappa shape index (κ3) is 3.54. The highest BCUT2D eigenvalue weighted by atomic mass is 35.5. The molecule has 0 amide bonds. The second-order valence-electron chi connectivity index (χ2n) is 5.95. The first-order valence-electron chi connectivity index (χ1n) is 7.73. The molecule has 2 heterocycles. The van der Waals surface area contributed by atoms with E-state index in [0.29, 0.717) is 5.15 Å². The van der Waals surface area contributed by atoms with Crippen molar-refractivity contribution in [2.75, 3.05) is 19.6 Å². The van der Waals surface area contributed by atoms with Gasteiger partial charge in [-0.25, -0.2) is 4.98 Å². The normalized spacial score (nSPS) is 20.0. The van der Waals surface area contributed by atoms with Gasteiger partial charge in [-0.15, -0.1) is 0 Å². The number of hydrogen-bond acceptors (Lipinski definition) is 3. The first-order chi connectivity index (χ1) is 10.3. The Kier molecular flexibility index (Phi) is 4.73. The van der Waals surface area contributed by atoms with E-state index in [9.17, 15) is 0 Å². The molecular weight excluding hydrogens is 282 g/mol. The SMILES string of the molecule is NCCC1CCCN(Cc2cc3ccccc3nc2Cl)C1. The van der Waals surface area contributed by atoms with E-state index in [1.165, 1.54) is 12.8 Å². The number of fused-ring (bicyclic) bond motifs is 1. The molecule has 0 aliphatic carbocycles. The highest BCUT2D eigenvalue weighted by Gasteiger charge is 2.20. The summed E-state index contributed by atoms with van der Waals surface area (Å²) in [6.07, 6.45) is 3.68. The van der Waals surface area contributed by atoms with Gasteiger partial charge in [0.2, 0.25) is 0 Å². The van der Waals surface area contributed by atoms with E-state index in [1.807, 2.05) is 18.2 Å². The minimum atomic E-state index is 0.634. The Morgan fingerprint density at radius 3 is 3.05 bits per heavy atom. The molecular formula is C17H22ClN3. The van der Waals surface area contributed by atoms with Gasteiger partial charge in [0.1, 0.15) is 5.15 Å². The number of rotatable bonds is 4. The van der Waals surface area contributed by atoms with Crippen LogP contribution in [0, 0.1) is 5.92 Å². The maximum atomic E-state index is 6.36. The van der Waals surface area contributed by atoms with Gasteiger partial charge in [0.05, 0.1) is 5.52 Å². The molecule has 1 aromatic heterocycles. The number of hydrogen-bond donors (Lipinski definition) is 1. The van der Waals surface area contributed by atoms with Gasteiger partial charge in [0.15, 0.2) is 0 Å². The Bertz CT molecular complexity index is 612. The number of para-hydroxylation sites is 1. The molecule has 1 aliphatic rings. The molecule has 1 saturated heterocycles. The van der Waals surface area contributed by atoms with Gasteiger partial charge >= 0.3 is 0 Å². The minimum absolute atomic E-state index is 0.634. The van der Waals surface area contributed by atoms with Crippen molar-refractivity contribution < 1.29 is 0 Å². The van der Waals surface area contributed by atoms with E-state index < -0.39 is 0 Å². The molecule has 1 unspecified atom stereocenters. The minimum Gasteiger partial charge on any atom is -0.330 e. The third-order valence-electron chi connectivity index (χ3n) is 4.32. The Morgan fingerprint density at radius 1 is 1.33 bits per heavy atom. The summed E-state index contributed by atoms with van der Waals surface area (Å²) in [6, 6.07) is 10.3. The van der Waals surface area contributed by atoms with Crippen LogP contribution in [0.15, 0.2) is 30.3 Å². The summed E-state index contributed by atoms with van der Waals surface area (Å²) in [5, 5.41) is 1.79. The van der Waals surface area contributed by atoms with Crippen molar-refractivity contribution in [1.29, 1.82) is 0 Å². The lowest BCUT2D eigenvalue weighted by Gasteiger charge is -2.32. The van der Waals surface area contributed by atoms with Crippen LogP contribution in [0.2, 0.25) is 5.15 Å². The number of piperidine rings is 1. The van der Waals surface area contributed by atoms with Gasteiger partial charge in [-0.2, -0.15) is 0 Å². The zero-order chi connectivity index (χ0) is 14.7. The van der Waals surface area contributed by atoms with Gasteiger partial charge in [-0.3, -0.25) is 4.90 Å². The zero-order valence-electron chi connectivity index (χ0n) is 12.3. The number of nitrogens with two attached hydrogens (primary N) is 1. The summed E-state index contributed by atoms with van der Waals surface area (Å²) in [5.74, 6) is 0.732. The predicted molar refractivity (Wildman–Crippen MR) is 88.4 cm³/mol. The van der Waals surface area contributed by atoms with Crippen molar-refractivity contribution in [2.45, 2.75) is 25.8 Å². The fraction of sp³-hybridized carbons (Fsp3) is 0.471. The summed E-state index contributed by atoms with van der Waals surface area (Å²) < 4.78 is 0. The van der Waals surface area contributed by atoms with Crippen molar-refractivity contribution >= 4 is 22.5 Å². The first kappa shape index (κ1) is 14.8. The average molecular weight is 304 g/mol. The summed E-state index contributed by atoms with van der Waals surface area (Å²) in [5.41, 5.74) is 7.79. The molecule has 2 N–H and O–H groups in total. The van der Waals surface area contributed by atoms with Crippen LogP contribution in [-0.2, 0) is 6.54 Å². The quantitative estimate of drug-likeness (QED) is 0.880. The highest BCUT2D eigenvalue weighted by Crippen LogP contribution is 2.25. The van der Waals surface area contributed by atoms with E-state index in [0.717, 1.165) is 55.0 Å². The molecule has 0 saturated carbocycles. The van der Waals surface area contributed by atoms with Crippen molar-refractivity contribution in [3.05, 3.63) is 41.0 Å². The molecule has 2 aromatic rings. The number of benzene rings is 1. The number of aromatic nitrogens is 1. The van der Waals surface area contributed by atoms with Crippen LogP contribution in [0.5, 0.6) is 0 Å². The molecule has 1 aromatic carbocycles. The van der Waals surface area contributed by atoms with Gasteiger partial charge in [-0.1, -0.05) is 29.8 Å². The van der Waals surface area contributed by atoms with Gasteiger partial charge in [0.25, 0.3) is 0 Å². The lowest BCUT2D eigenvalue weighted by Crippen LogP contribution is -2.35. The Morgan fingerprint density at radius 2 is 2.19 bits per heavy atom. The van der Waals surface area contributed by atoms with Crippen molar-refractivity contribution in [2.24, 2.45) is 11.7 Å². The smallest absolute Gasteiger partial charge is 0.134 e. The Labute approximate surface area is 131 Å². The molecule has 1 fully saturated rings. The zero-order valence-corrected chi connectivity index (χ0v) is 13.0. The summed E-state index contributed by atoms with van der Waals surface area (Å²) in [4.78, 5) is 7.00. The fourth-order valence-electron chi connectivity index (χ4n) is 3.25. The lowest BCUT2D eigenvalue weighted by molar-refractivity contribution is 0.163. The molecule has 1 aliphatic heterocycles. The number of likely N-dealkylation sites (tertiary alicyclic amines) is 1. The molecule has 3 rings (SSSR count). The topological polar surface area (TPSA) is 42.1 Å². The first-order valence-corrected chi connectivity index (χ1v) is 8.10. The molecule has 4 heteroatoms. The summed E-state index contributed by atoms with van der Waals surface area (Å²) in [7, 11) is 0. The average Bonchev–Trinajstić information content (AvgIpc) is 2.49. The van der Waals surface area contributed by atoms with Crippen LogP contribution in [0.4, 0.5) is 0 Å². The summed E-state index contributed by atoms with van der Waals surface area (Å²) >= 11 is 6.36. The van der Waals surface area contributed by atoms with Gasteiger partial charge < -0.3 is 5.73 Å².